The fraction of sp³-hybridized carbons (Fsp3) is 0.750. The average molecular weight is 209 g/mol. The molecule has 0 aromatic heterocycles. The zero-order valence-corrected chi connectivity index (χ0v) is 9.29. The van der Waals surface area contributed by atoms with E-state index >= 15 is 0 Å². The van der Waals surface area contributed by atoms with Crippen LogP contribution in [-0.2, 0) is 9.53 Å². The summed E-state index contributed by atoms with van der Waals surface area (Å²) in [5.41, 5.74) is 1.44. The molecule has 0 aliphatic carbocycles. The Balaban J connectivity index is 1.83. The van der Waals surface area contributed by atoms with E-state index in [0.717, 1.165) is 12.8 Å². The molecular formula is C12H19NO2. The molecule has 0 spiro atoms. The molecule has 2 aliphatic heterocycles. The van der Waals surface area contributed by atoms with Crippen LogP contribution in [0, 0.1) is 0 Å². The molecule has 1 N–H and O–H groups in total. The molecule has 2 atom stereocenters. The van der Waals surface area contributed by atoms with Crippen LogP contribution >= 0.6 is 0 Å². The number of hydrogen-bond donors (Lipinski definition) is 1. The molecule has 2 saturated heterocycles. The van der Waals surface area contributed by atoms with Gasteiger partial charge in [0.1, 0.15) is 0 Å². The highest BCUT2D eigenvalue weighted by molar-refractivity contribution is 5.71. The van der Waals surface area contributed by atoms with Gasteiger partial charge in [0.25, 0.3) is 0 Å². The van der Waals surface area contributed by atoms with Crippen LogP contribution in [0.2, 0.25) is 0 Å². The maximum absolute atomic E-state index is 11.2. The fourth-order valence-corrected chi connectivity index (χ4v) is 2.55. The minimum atomic E-state index is -0.101. The third-order valence-corrected chi connectivity index (χ3v) is 3.21. The van der Waals surface area contributed by atoms with Gasteiger partial charge in [0.2, 0.25) is 0 Å². The monoisotopic (exact) mass is 209 g/mol. The van der Waals surface area contributed by atoms with Crippen molar-refractivity contribution in [1.29, 1.82) is 0 Å². The molecule has 2 unspecified atom stereocenters. The number of rotatable bonds is 3. The number of ether oxygens (including phenoxy) is 1. The van der Waals surface area contributed by atoms with E-state index in [0.29, 0.717) is 25.1 Å². The highest BCUT2D eigenvalue weighted by atomic mass is 16.5. The Kier molecular flexibility index (Phi) is 3.41. The van der Waals surface area contributed by atoms with Crippen LogP contribution < -0.4 is 5.32 Å². The molecule has 2 bridgehead atoms. The Bertz CT molecular complexity index is 259. The van der Waals surface area contributed by atoms with Crippen molar-refractivity contribution in [1.82, 2.24) is 5.32 Å². The second-order valence-corrected chi connectivity index (χ2v) is 4.42. The van der Waals surface area contributed by atoms with Crippen molar-refractivity contribution in [3.63, 3.8) is 0 Å². The van der Waals surface area contributed by atoms with E-state index in [4.69, 9.17) is 4.74 Å². The predicted molar refractivity (Wildman–Crippen MR) is 58.5 cm³/mol. The normalized spacial score (nSPS) is 29.0. The van der Waals surface area contributed by atoms with Crippen molar-refractivity contribution in [3.05, 3.63) is 11.6 Å². The molecule has 0 radical (unpaired) electrons. The molecular weight excluding hydrogens is 190 g/mol. The first-order valence-corrected chi connectivity index (χ1v) is 5.87. The maximum atomic E-state index is 11.2. The molecule has 84 valence electrons. The zero-order valence-electron chi connectivity index (χ0n) is 9.29. The fourth-order valence-electron chi connectivity index (χ4n) is 2.55. The molecule has 0 saturated carbocycles. The van der Waals surface area contributed by atoms with Gasteiger partial charge in [-0.1, -0.05) is 11.6 Å². The summed E-state index contributed by atoms with van der Waals surface area (Å²) in [4.78, 5) is 11.2. The lowest BCUT2D eigenvalue weighted by atomic mass is 9.98. The van der Waals surface area contributed by atoms with Crippen molar-refractivity contribution >= 4 is 5.97 Å². The first-order chi connectivity index (χ1) is 7.28. The van der Waals surface area contributed by atoms with Gasteiger partial charge in [-0.15, -0.1) is 0 Å². The topological polar surface area (TPSA) is 38.3 Å². The zero-order chi connectivity index (χ0) is 10.7. The van der Waals surface area contributed by atoms with Crippen LogP contribution in [0.3, 0.4) is 0 Å². The summed E-state index contributed by atoms with van der Waals surface area (Å²) in [6.45, 7) is 2.32. The van der Waals surface area contributed by atoms with Crippen molar-refractivity contribution in [2.24, 2.45) is 0 Å². The Morgan fingerprint density at radius 1 is 1.47 bits per heavy atom. The average Bonchev–Trinajstić information content (AvgIpc) is 2.56. The van der Waals surface area contributed by atoms with E-state index in [2.05, 4.69) is 11.4 Å². The number of hydrogen-bond acceptors (Lipinski definition) is 3. The van der Waals surface area contributed by atoms with Crippen LogP contribution in [0.5, 0.6) is 0 Å². The second kappa shape index (κ2) is 4.79. The molecule has 0 amide bonds. The lowest BCUT2D eigenvalue weighted by Crippen LogP contribution is -2.34. The number of nitrogens with one attached hydrogen (secondary N) is 1. The summed E-state index contributed by atoms with van der Waals surface area (Å²) in [6, 6.07) is 1.33. The lowest BCUT2D eigenvalue weighted by Gasteiger charge is -2.23. The summed E-state index contributed by atoms with van der Waals surface area (Å²) in [5, 5.41) is 3.58. The van der Waals surface area contributed by atoms with Gasteiger partial charge in [0.05, 0.1) is 13.0 Å². The molecule has 2 heterocycles. The predicted octanol–water partition coefficient (Wildman–Crippen LogP) is 1.78. The number of piperidine rings is 1. The molecule has 2 rings (SSSR count). The Morgan fingerprint density at radius 2 is 2.13 bits per heavy atom. The van der Waals surface area contributed by atoms with Gasteiger partial charge in [0, 0.05) is 12.1 Å². The van der Waals surface area contributed by atoms with Crippen LogP contribution in [0.15, 0.2) is 11.6 Å². The molecule has 3 heteroatoms. The van der Waals surface area contributed by atoms with E-state index in [1.807, 2.05) is 6.92 Å². The van der Waals surface area contributed by atoms with Gasteiger partial charge in [-0.05, 0) is 32.6 Å². The number of fused-ring (bicyclic) bond motifs is 2. The summed E-state index contributed by atoms with van der Waals surface area (Å²) in [6.07, 6.45) is 7.35. The van der Waals surface area contributed by atoms with Gasteiger partial charge in [-0.25, -0.2) is 0 Å². The SMILES string of the molecule is CCOC(=O)CC=C1CC2CCC(C1)N2. The summed E-state index contributed by atoms with van der Waals surface area (Å²) < 4.78 is 4.90. The van der Waals surface area contributed by atoms with Gasteiger partial charge in [-0.2, -0.15) is 0 Å². The first kappa shape index (κ1) is 10.7. The number of carbonyl (C=O) groups excluding carboxylic acids is 1. The Morgan fingerprint density at radius 3 is 2.73 bits per heavy atom. The molecule has 2 aliphatic rings. The number of carbonyl (C=O) groups is 1. The largest absolute Gasteiger partial charge is 0.466 e. The van der Waals surface area contributed by atoms with Crippen molar-refractivity contribution in [2.75, 3.05) is 6.61 Å². The van der Waals surface area contributed by atoms with Gasteiger partial charge < -0.3 is 10.1 Å². The Labute approximate surface area is 90.9 Å². The smallest absolute Gasteiger partial charge is 0.309 e. The van der Waals surface area contributed by atoms with Crippen LogP contribution in [-0.4, -0.2) is 24.7 Å². The highest BCUT2D eigenvalue weighted by Gasteiger charge is 2.29. The van der Waals surface area contributed by atoms with E-state index < -0.39 is 0 Å². The number of esters is 1. The molecule has 15 heavy (non-hydrogen) atoms. The van der Waals surface area contributed by atoms with Gasteiger partial charge >= 0.3 is 5.97 Å². The van der Waals surface area contributed by atoms with E-state index in [1.165, 1.54) is 18.4 Å². The van der Waals surface area contributed by atoms with E-state index in [-0.39, 0.29) is 5.97 Å². The van der Waals surface area contributed by atoms with Gasteiger partial charge in [0.15, 0.2) is 0 Å². The third kappa shape index (κ3) is 2.81. The summed E-state index contributed by atoms with van der Waals surface area (Å²) in [5.74, 6) is -0.101. The van der Waals surface area contributed by atoms with Crippen LogP contribution in [0.4, 0.5) is 0 Å². The third-order valence-electron chi connectivity index (χ3n) is 3.21. The molecule has 0 aromatic carbocycles. The van der Waals surface area contributed by atoms with Crippen molar-refractivity contribution in [3.8, 4) is 0 Å². The van der Waals surface area contributed by atoms with E-state index in [1.54, 1.807) is 0 Å². The first-order valence-electron chi connectivity index (χ1n) is 5.87. The highest BCUT2D eigenvalue weighted by Crippen LogP contribution is 2.30. The molecule has 3 nitrogen and oxygen atoms in total. The van der Waals surface area contributed by atoms with Gasteiger partial charge in [-0.3, -0.25) is 4.79 Å². The minimum absolute atomic E-state index is 0.101. The Hall–Kier alpha value is -0.830. The molecule has 2 fully saturated rings. The van der Waals surface area contributed by atoms with Crippen LogP contribution in [0.1, 0.15) is 39.0 Å². The van der Waals surface area contributed by atoms with Crippen LogP contribution in [0.25, 0.3) is 0 Å². The summed E-state index contributed by atoms with van der Waals surface area (Å²) in [7, 11) is 0. The minimum Gasteiger partial charge on any atom is -0.466 e. The maximum Gasteiger partial charge on any atom is 0.309 e. The standard InChI is InChI=1S/C12H19NO2/c1-2-15-12(14)6-3-9-7-10-4-5-11(8-9)13-10/h3,10-11,13H,2,4-8H2,1H3. The van der Waals surface area contributed by atoms with Crippen molar-refractivity contribution in [2.45, 2.75) is 51.1 Å². The quantitative estimate of drug-likeness (QED) is 0.569. The van der Waals surface area contributed by atoms with E-state index in [9.17, 15) is 4.79 Å². The lowest BCUT2D eigenvalue weighted by molar-refractivity contribution is -0.142. The van der Waals surface area contributed by atoms with Crippen molar-refractivity contribution < 1.29 is 9.53 Å². The summed E-state index contributed by atoms with van der Waals surface area (Å²) >= 11 is 0. The second-order valence-electron chi connectivity index (χ2n) is 4.42. The molecule has 0 aromatic rings.